The van der Waals surface area contributed by atoms with Crippen LogP contribution < -0.4 is 5.32 Å². The smallest absolute Gasteiger partial charge is 0.244 e. The van der Waals surface area contributed by atoms with Crippen molar-refractivity contribution in [3.8, 4) is 0 Å². The van der Waals surface area contributed by atoms with Crippen molar-refractivity contribution in [1.29, 1.82) is 0 Å². The zero-order chi connectivity index (χ0) is 19.6. The normalized spacial score (nSPS) is 10.3. The molecule has 142 valence electrons. The van der Waals surface area contributed by atoms with Crippen molar-refractivity contribution in [3.05, 3.63) is 65.7 Å². The molecule has 0 unspecified atom stereocenters. The van der Waals surface area contributed by atoms with Crippen LogP contribution in [0, 0.1) is 6.92 Å². The van der Waals surface area contributed by atoms with Crippen LogP contribution in [0.15, 0.2) is 54.6 Å². The van der Waals surface area contributed by atoms with Gasteiger partial charge in [-0.15, -0.1) is 0 Å². The number of nitrogens with zero attached hydrogens (tertiary/aromatic N) is 1. The monoisotopic (exact) mass is 366 g/mol. The molecule has 2 aromatic carbocycles. The minimum Gasteiger partial charge on any atom is -0.333 e. The summed E-state index contributed by atoms with van der Waals surface area (Å²) in [6, 6.07) is 16.4. The first-order chi connectivity index (χ1) is 13.0. The summed E-state index contributed by atoms with van der Waals surface area (Å²) < 4.78 is 0. The lowest BCUT2D eigenvalue weighted by Gasteiger charge is -2.22. The Hall–Kier alpha value is -2.95. The van der Waals surface area contributed by atoms with Gasteiger partial charge in [0, 0.05) is 30.6 Å². The van der Waals surface area contributed by atoms with Gasteiger partial charge < -0.3 is 10.2 Å². The lowest BCUT2D eigenvalue weighted by atomic mass is 10.1. The van der Waals surface area contributed by atoms with E-state index in [0.717, 1.165) is 17.7 Å². The molecule has 2 amide bonds. The second-order valence-electron chi connectivity index (χ2n) is 6.47. The minimum absolute atomic E-state index is 0.0134. The summed E-state index contributed by atoms with van der Waals surface area (Å²) in [6.07, 6.45) is 0.990. The van der Waals surface area contributed by atoms with E-state index in [1.807, 2.05) is 44.2 Å². The molecule has 2 aromatic rings. The standard InChI is InChI=1S/C22H26N2O3/c1-3-15-24(16-21(26)23-19-12-8-7-9-17(19)2)22(27)14-13-20(25)18-10-5-4-6-11-18/h4-12H,3,13-16H2,1-2H3,(H,23,26). The number of amides is 2. The molecular formula is C22H26N2O3. The van der Waals surface area contributed by atoms with Gasteiger partial charge in [0.15, 0.2) is 5.78 Å². The number of anilines is 1. The van der Waals surface area contributed by atoms with Gasteiger partial charge >= 0.3 is 0 Å². The summed E-state index contributed by atoms with van der Waals surface area (Å²) in [7, 11) is 0. The number of hydrogen-bond acceptors (Lipinski definition) is 3. The first-order valence-corrected chi connectivity index (χ1v) is 9.22. The molecule has 0 aliphatic rings. The third-order valence-electron chi connectivity index (χ3n) is 4.26. The average molecular weight is 366 g/mol. The maximum atomic E-state index is 12.5. The van der Waals surface area contributed by atoms with Gasteiger partial charge in [0.25, 0.3) is 0 Å². The van der Waals surface area contributed by atoms with E-state index in [2.05, 4.69) is 5.32 Å². The van der Waals surface area contributed by atoms with Crippen LogP contribution in [0.1, 0.15) is 42.1 Å². The highest BCUT2D eigenvalue weighted by molar-refractivity contribution is 5.99. The number of aryl methyl sites for hydroxylation is 1. The topological polar surface area (TPSA) is 66.5 Å². The van der Waals surface area contributed by atoms with E-state index in [-0.39, 0.29) is 37.0 Å². The minimum atomic E-state index is -0.236. The van der Waals surface area contributed by atoms with E-state index >= 15 is 0 Å². The second kappa shape index (κ2) is 10.3. The molecule has 0 aliphatic carbocycles. The van der Waals surface area contributed by atoms with Crippen LogP contribution in [-0.4, -0.2) is 35.6 Å². The van der Waals surface area contributed by atoms with E-state index in [4.69, 9.17) is 0 Å². The van der Waals surface area contributed by atoms with Crippen molar-refractivity contribution in [2.45, 2.75) is 33.1 Å². The number of hydrogen-bond donors (Lipinski definition) is 1. The number of rotatable bonds is 9. The van der Waals surface area contributed by atoms with Crippen molar-refractivity contribution in [2.75, 3.05) is 18.4 Å². The maximum absolute atomic E-state index is 12.5. The number of carbonyl (C=O) groups is 3. The highest BCUT2D eigenvalue weighted by atomic mass is 16.2. The zero-order valence-corrected chi connectivity index (χ0v) is 15.9. The SMILES string of the molecule is CCCN(CC(=O)Nc1ccccc1C)C(=O)CCC(=O)c1ccccc1. The number of nitrogens with one attached hydrogen (secondary N) is 1. The van der Waals surface area contributed by atoms with Gasteiger partial charge in [0.2, 0.25) is 11.8 Å². The molecule has 0 saturated carbocycles. The van der Waals surface area contributed by atoms with Gasteiger partial charge in [-0.25, -0.2) is 0 Å². The molecule has 0 aliphatic heterocycles. The van der Waals surface area contributed by atoms with Gasteiger partial charge in [0.05, 0.1) is 6.54 Å². The van der Waals surface area contributed by atoms with Crippen molar-refractivity contribution < 1.29 is 14.4 Å². The van der Waals surface area contributed by atoms with Gasteiger partial charge in [-0.1, -0.05) is 55.5 Å². The fourth-order valence-electron chi connectivity index (χ4n) is 2.79. The Morgan fingerprint density at radius 3 is 2.26 bits per heavy atom. The van der Waals surface area contributed by atoms with Crippen LogP contribution in [0.25, 0.3) is 0 Å². The molecule has 0 atom stereocenters. The first-order valence-electron chi connectivity index (χ1n) is 9.22. The van der Waals surface area contributed by atoms with Crippen LogP contribution in [0.4, 0.5) is 5.69 Å². The van der Waals surface area contributed by atoms with Crippen LogP contribution in [0.5, 0.6) is 0 Å². The molecule has 0 saturated heterocycles. The number of Topliss-reactive ketones (excluding diaryl/α,β-unsaturated/α-hetero) is 1. The first kappa shape index (κ1) is 20.4. The Morgan fingerprint density at radius 2 is 1.59 bits per heavy atom. The number of para-hydroxylation sites is 1. The molecule has 0 aromatic heterocycles. The van der Waals surface area contributed by atoms with Crippen LogP contribution in [0.3, 0.4) is 0 Å². The van der Waals surface area contributed by atoms with E-state index in [0.29, 0.717) is 12.1 Å². The van der Waals surface area contributed by atoms with E-state index in [1.54, 1.807) is 24.3 Å². The van der Waals surface area contributed by atoms with Gasteiger partial charge in [-0.3, -0.25) is 14.4 Å². The Kier molecular flexibility index (Phi) is 7.74. The van der Waals surface area contributed by atoms with E-state index < -0.39 is 0 Å². The number of benzene rings is 2. The molecule has 0 radical (unpaired) electrons. The fourth-order valence-corrected chi connectivity index (χ4v) is 2.79. The molecule has 0 fully saturated rings. The molecular weight excluding hydrogens is 340 g/mol. The molecule has 1 N–H and O–H groups in total. The molecule has 27 heavy (non-hydrogen) atoms. The van der Waals surface area contributed by atoms with Crippen molar-refractivity contribution in [2.24, 2.45) is 0 Å². The summed E-state index contributed by atoms with van der Waals surface area (Å²) in [5, 5.41) is 2.84. The molecule has 0 heterocycles. The Bertz CT molecular complexity index is 787. The Balaban J connectivity index is 1.91. The third-order valence-corrected chi connectivity index (χ3v) is 4.26. The molecule has 5 heteroatoms. The summed E-state index contributed by atoms with van der Waals surface area (Å²) >= 11 is 0. The van der Waals surface area contributed by atoms with Crippen molar-refractivity contribution in [1.82, 2.24) is 4.90 Å². The predicted molar refractivity (Wildman–Crippen MR) is 107 cm³/mol. The molecule has 2 rings (SSSR count). The maximum Gasteiger partial charge on any atom is 0.244 e. The van der Waals surface area contributed by atoms with Gasteiger partial charge in [-0.05, 0) is 25.0 Å². The number of ketones is 1. The Morgan fingerprint density at radius 1 is 0.926 bits per heavy atom. The van der Waals surface area contributed by atoms with Crippen molar-refractivity contribution >= 4 is 23.3 Å². The summed E-state index contributed by atoms with van der Waals surface area (Å²) in [5.41, 5.74) is 2.31. The molecule has 0 spiro atoms. The fraction of sp³-hybridized carbons (Fsp3) is 0.318. The molecule has 5 nitrogen and oxygen atoms in total. The summed E-state index contributed by atoms with van der Waals surface area (Å²) in [6.45, 7) is 4.34. The Labute approximate surface area is 160 Å². The zero-order valence-electron chi connectivity index (χ0n) is 15.9. The third kappa shape index (κ3) is 6.37. The van der Waals surface area contributed by atoms with Crippen LogP contribution >= 0.6 is 0 Å². The molecule has 0 bridgehead atoms. The predicted octanol–water partition coefficient (Wildman–Crippen LogP) is 3.84. The van der Waals surface area contributed by atoms with E-state index in [1.165, 1.54) is 4.90 Å². The highest BCUT2D eigenvalue weighted by Gasteiger charge is 2.18. The van der Waals surface area contributed by atoms with E-state index in [9.17, 15) is 14.4 Å². The largest absolute Gasteiger partial charge is 0.333 e. The highest BCUT2D eigenvalue weighted by Crippen LogP contribution is 2.13. The number of carbonyl (C=O) groups excluding carboxylic acids is 3. The van der Waals surface area contributed by atoms with Crippen molar-refractivity contribution in [3.63, 3.8) is 0 Å². The quantitative estimate of drug-likeness (QED) is 0.686. The lowest BCUT2D eigenvalue weighted by molar-refractivity contribution is -0.134. The van der Waals surface area contributed by atoms with Gasteiger partial charge in [0.1, 0.15) is 0 Å². The lowest BCUT2D eigenvalue weighted by Crippen LogP contribution is -2.38. The van der Waals surface area contributed by atoms with Gasteiger partial charge in [-0.2, -0.15) is 0 Å². The average Bonchev–Trinajstić information content (AvgIpc) is 2.68. The van der Waals surface area contributed by atoms with Crippen LogP contribution in [0.2, 0.25) is 0 Å². The summed E-state index contributed by atoms with van der Waals surface area (Å²) in [4.78, 5) is 38.6. The van der Waals surface area contributed by atoms with Crippen LogP contribution in [-0.2, 0) is 9.59 Å². The second-order valence-corrected chi connectivity index (χ2v) is 6.47. The summed E-state index contributed by atoms with van der Waals surface area (Å²) in [5.74, 6) is -0.480.